The fourth-order valence-corrected chi connectivity index (χ4v) is 1.40. The van der Waals surface area contributed by atoms with Gasteiger partial charge in [0.2, 0.25) is 0 Å². The van der Waals surface area contributed by atoms with Crippen LogP contribution in [0.2, 0.25) is 0 Å². The van der Waals surface area contributed by atoms with Crippen LogP contribution in [0.3, 0.4) is 0 Å². The van der Waals surface area contributed by atoms with Crippen LogP contribution in [-0.2, 0) is 5.41 Å². The topological polar surface area (TPSA) is 38.4 Å². The van der Waals surface area contributed by atoms with Crippen molar-refractivity contribution >= 4 is 11.5 Å². The Balaban J connectivity index is 3.24. The summed E-state index contributed by atoms with van der Waals surface area (Å²) < 4.78 is 0. The maximum atomic E-state index is 5.59. The summed E-state index contributed by atoms with van der Waals surface area (Å²) in [5.41, 5.74) is 7.89. The number of hydrogen-bond acceptors (Lipinski definition) is 1. The Bertz CT molecular complexity index is 342. The zero-order chi connectivity index (χ0) is 10.8. The molecule has 1 aromatic carbocycles. The van der Waals surface area contributed by atoms with Crippen LogP contribution in [0.1, 0.15) is 33.3 Å². The minimum atomic E-state index is 0.107. The van der Waals surface area contributed by atoms with Gasteiger partial charge in [-0.1, -0.05) is 39.0 Å². The molecule has 2 N–H and O–H groups in total. The fraction of sp³-hybridized carbons (Fsp3) is 0.417. The van der Waals surface area contributed by atoms with Crippen molar-refractivity contribution in [1.82, 2.24) is 0 Å². The van der Waals surface area contributed by atoms with Crippen LogP contribution in [-0.4, -0.2) is 5.84 Å². The molecule has 0 radical (unpaired) electrons. The minimum Gasteiger partial charge on any atom is -0.387 e. The minimum absolute atomic E-state index is 0.107. The van der Waals surface area contributed by atoms with Gasteiger partial charge in [-0.15, -0.1) is 0 Å². The summed E-state index contributed by atoms with van der Waals surface area (Å²) in [5, 5.41) is 0. The quantitative estimate of drug-likeness (QED) is 0.536. The maximum Gasteiger partial charge on any atom is 0.0965 e. The van der Waals surface area contributed by atoms with Crippen molar-refractivity contribution in [3.8, 4) is 0 Å². The van der Waals surface area contributed by atoms with E-state index in [2.05, 4.69) is 31.8 Å². The molecule has 0 heterocycles. The van der Waals surface area contributed by atoms with Crippen molar-refractivity contribution in [2.75, 3.05) is 0 Å². The number of benzene rings is 1. The van der Waals surface area contributed by atoms with E-state index in [9.17, 15) is 0 Å². The van der Waals surface area contributed by atoms with Gasteiger partial charge in [0.15, 0.2) is 0 Å². The van der Waals surface area contributed by atoms with Crippen molar-refractivity contribution in [1.29, 1.82) is 0 Å². The molecule has 0 saturated heterocycles. The first-order valence-corrected chi connectivity index (χ1v) is 4.81. The molecule has 0 fully saturated rings. The molecule has 0 saturated carbocycles. The summed E-state index contributed by atoms with van der Waals surface area (Å²) in [6.07, 6.45) is 0. The van der Waals surface area contributed by atoms with Gasteiger partial charge < -0.3 is 5.73 Å². The molecule has 0 aromatic heterocycles. The second-order valence-electron chi connectivity index (χ2n) is 4.52. The number of para-hydroxylation sites is 1. The Hall–Kier alpha value is -1.31. The molecule has 2 nitrogen and oxygen atoms in total. The number of hydrogen-bond donors (Lipinski definition) is 1. The number of nitrogens with two attached hydrogens (primary N) is 1. The van der Waals surface area contributed by atoms with E-state index in [4.69, 9.17) is 5.73 Å². The van der Waals surface area contributed by atoms with E-state index in [1.807, 2.05) is 18.2 Å². The third-order valence-electron chi connectivity index (χ3n) is 2.01. The summed E-state index contributed by atoms with van der Waals surface area (Å²) in [4.78, 5) is 4.32. The van der Waals surface area contributed by atoms with Gasteiger partial charge in [-0.25, -0.2) is 4.99 Å². The fourth-order valence-electron chi connectivity index (χ4n) is 1.40. The number of rotatable bonds is 1. The zero-order valence-corrected chi connectivity index (χ0v) is 9.33. The summed E-state index contributed by atoms with van der Waals surface area (Å²) in [7, 11) is 0. The van der Waals surface area contributed by atoms with Crippen LogP contribution in [0.15, 0.2) is 29.3 Å². The molecule has 76 valence electrons. The number of aliphatic imine (C=N–C) groups is 1. The van der Waals surface area contributed by atoms with Crippen molar-refractivity contribution in [2.45, 2.75) is 33.1 Å². The van der Waals surface area contributed by atoms with E-state index in [0.717, 1.165) is 5.69 Å². The van der Waals surface area contributed by atoms with Gasteiger partial charge in [0.25, 0.3) is 0 Å². The van der Waals surface area contributed by atoms with Crippen LogP contribution in [0, 0.1) is 0 Å². The SMILES string of the molecule is CC(N)=Nc1ccccc1C(C)(C)C. The van der Waals surface area contributed by atoms with Crippen molar-refractivity contribution in [2.24, 2.45) is 10.7 Å². The van der Waals surface area contributed by atoms with Gasteiger partial charge in [-0.3, -0.25) is 0 Å². The van der Waals surface area contributed by atoms with E-state index >= 15 is 0 Å². The Labute approximate surface area is 85.9 Å². The number of amidine groups is 1. The summed E-state index contributed by atoms with van der Waals surface area (Å²) in [6.45, 7) is 8.33. The smallest absolute Gasteiger partial charge is 0.0965 e. The second-order valence-corrected chi connectivity index (χ2v) is 4.52. The Kier molecular flexibility index (Phi) is 2.94. The lowest BCUT2D eigenvalue weighted by atomic mass is 9.86. The van der Waals surface area contributed by atoms with E-state index in [0.29, 0.717) is 5.84 Å². The Morgan fingerprint density at radius 3 is 2.29 bits per heavy atom. The highest BCUT2D eigenvalue weighted by Gasteiger charge is 2.16. The molecule has 0 aliphatic carbocycles. The molecule has 0 aliphatic rings. The summed E-state index contributed by atoms with van der Waals surface area (Å²) in [6, 6.07) is 8.11. The third kappa shape index (κ3) is 2.59. The van der Waals surface area contributed by atoms with Crippen molar-refractivity contribution in [3.05, 3.63) is 29.8 Å². The van der Waals surface area contributed by atoms with Gasteiger partial charge in [-0.05, 0) is 24.0 Å². The molecule has 0 amide bonds. The normalized spacial score (nSPS) is 13.0. The van der Waals surface area contributed by atoms with Crippen LogP contribution in [0.4, 0.5) is 5.69 Å². The van der Waals surface area contributed by atoms with Gasteiger partial charge in [-0.2, -0.15) is 0 Å². The molecule has 0 atom stereocenters. The van der Waals surface area contributed by atoms with Crippen LogP contribution in [0.25, 0.3) is 0 Å². The van der Waals surface area contributed by atoms with E-state index in [1.165, 1.54) is 5.56 Å². The molecule has 0 aliphatic heterocycles. The Morgan fingerprint density at radius 2 is 1.79 bits per heavy atom. The lowest BCUT2D eigenvalue weighted by Crippen LogP contribution is -2.12. The average molecular weight is 190 g/mol. The highest BCUT2D eigenvalue weighted by atomic mass is 14.8. The van der Waals surface area contributed by atoms with Crippen LogP contribution >= 0.6 is 0 Å². The molecule has 14 heavy (non-hydrogen) atoms. The average Bonchev–Trinajstić information content (AvgIpc) is 2.01. The standard InChI is InChI=1S/C12H18N2/c1-9(13)14-11-8-6-5-7-10(11)12(2,3)4/h5-8H,1-4H3,(H2,13,14). The lowest BCUT2D eigenvalue weighted by molar-refractivity contribution is 0.591. The van der Waals surface area contributed by atoms with E-state index in [1.54, 1.807) is 6.92 Å². The Morgan fingerprint density at radius 1 is 1.21 bits per heavy atom. The molecule has 0 unspecified atom stereocenters. The predicted octanol–water partition coefficient (Wildman–Crippen LogP) is 2.99. The van der Waals surface area contributed by atoms with Gasteiger partial charge in [0.1, 0.15) is 0 Å². The highest BCUT2D eigenvalue weighted by Crippen LogP contribution is 2.30. The predicted molar refractivity (Wildman–Crippen MR) is 62.1 cm³/mol. The number of nitrogens with zero attached hydrogens (tertiary/aromatic N) is 1. The van der Waals surface area contributed by atoms with Crippen LogP contribution in [0.5, 0.6) is 0 Å². The van der Waals surface area contributed by atoms with E-state index < -0.39 is 0 Å². The molecule has 0 bridgehead atoms. The highest BCUT2D eigenvalue weighted by molar-refractivity contribution is 5.81. The lowest BCUT2D eigenvalue weighted by Gasteiger charge is -2.20. The van der Waals surface area contributed by atoms with Crippen molar-refractivity contribution < 1.29 is 0 Å². The summed E-state index contributed by atoms with van der Waals surface area (Å²) >= 11 is 0. The molecular formula is C12H18N2. The first kappa shape index (κ1) is 10.8. The maximum absolute atomic E-state index is 5.59. The molecule has 1 aromatic rings. The third-order valence-corrected chi connectivity index (χ3v) is 2.01. The molecule has 1 rings (SSSR count). The first-order chi connectivity index (χ1) is 6.41. The van der Waals surface area contributed by atoms with Gasteiger partial charge >= 0.3 is 0 Å². The molecule has 2 heteroatoms. The van der Waals surface area contributed by atoms with E-state index in [-0.39, 0.29) is 5.41 Å². The van der Waals surface area contributed by atoms with Gasteiger partial charge in [0.05, 0.1) is 11.5 Å². The molecule has 0 spiro atoms. The largest absolute Gasteiger partial charge is 0.387 e. The second kappa shape index (κ2) is 3.82. The molecular weight excluding hydrogens is 172 g/mol. The zero-order valence-electron chi connectivity index (χ0n) is 9.33. The van der Waals surface area contributed by atoms with Gasteiger partial charge in [0, 0.05) is 0 Å². The van der Waals surface area contributed by atoms with Crippen molar-refractivity contribution in [3.63, 3.8) is 0 Å². The van der Waals surface area contributed by atoms with Crippen LogP contribution < -0.4 is 5.73 Å². The first-order valence-electron chi connectivity index (χ1n) is 4.81. The monoisotopic (exact) mass is 190 g/mol. The summed E-state index contributed by atoms with van der Waals surface area (Å²) in [5.74, 6) is 0.599.